The number of aliphatic hydroxyl groups excluding tert-OH is 1. The summed E-state index contributed by atoms with van der Waals surface area (Å²) in [5.41, 5.74) is 2.58. The molecular weight excluding hydrogens is 212 g/mol. The molecule has 1 heterocycles. The summed E-state index contributed by atoms with van der Waals surface area (Å²) in [6, 6.07) is 8.44. The van der Waals surface area contributed by atoms with Crippen LogP contribution in [0.25, 0.3) is 10.9 Å². The maximum absolute atomic E-state index is 9.23. The van der Waals surface area contributed by atoms with E-state index in [1.807, 2.05) is 0 Å². The Hall–Kier alpha value is -1.32. The molecule has 2 N–H and O–H groups in total. The molecular formula is C14H20N2O. The van der Waals surface area contributed by atoms with Crippen molar-refractivity contribution in [2.24, 2.45) is 0 Å². The van der Waals surface area contributed by atoms with Crippen molar-refractivity contribution in [1.29, 1.82) is 0 Å². The zero-order valence-electron chi connectivity index (χ0n) is 10.5. The van der Waals surface area contributed by atoms with E-state index in [9.17, 15) is 5.11 Å². The van der Waals surface area contributed by atoms with Gasteiger partial charge in [0.1, 0.15) is 0 Å². The molecule has 0 aliphatic heterocycles. The Bertz CT molecular complexity index is 488. The number of nitrogens with zero attached hydrogens (tertiary/aromatic N) is 1. The fraction of sp³-hybridized carbons (Fsp3) is 0.429. The molecule has 3 heteroatoms. The van der Waals surface area contributed by atoms with E-state index >= 15 is 0 Å². The van der Waals surface area contributed by atoms with Crippen LogP contribution >= 0.6 is 0 Å². The molecule has 0 saturated heterocycles. The minimum absolute atomic E-state index is 0.297. The Morgan fingerprint density at radius 3 is 2.82 bits per heavy atom. The fourth-order valence-electron chi connectivity index (χ4n) is 2.14. The monoisotopic (exact) mass is 232 g/mol. The summed E-state index contributed by atoms with van der Waals surface area (Å²) in [7, 11) is 0. The number of aryl methyl sites for hydroxylation is 1. The summed E-state index contributed by atoms with van der Waals surface area (Å²) >= 11 is 0. The van der Waals surface area contributed by atoms with Gasteiger partial charge in [0.2, 0.25) is 0 Å². The molecule has 2 rings (SSSR count). The van der Waals surface area contributed by atoms with Gasteiger partial charge < -0.3 is 15.0 Å². The van der Waals surface area contributed by atoms with E-state index in [4.69, 9.17) is 0 Å². The number of para-hydroxylation sites is 1. The van der Waals surface area contributed by atoms with E-state index in [0.717, 1.165) is 13.1 Å². The zero-order valence-corrected chi connectivity index (χ0v) is 10.5. The number of benzene rings is 1. The van der Waals surface area contributed by atoms with Gasteiger partial charge in [0.05, 0.1) is 6.10 Å². The van der Waals surface area contributed by atoms with Gasteiger partial charge >= 0.3 is 0 Å². The average Bonchev–Trinajstić information content (AvgIpc) is 2.68. The third kappa shape index (κ3) is 2.68. The van der Waals surface area contributed by atoms with Crippen LogP contribution < -0.4 is 5.32 Å². The standard InChI is InChI=1S/C14H20N2O/c1-3-16-10-12(9-15-8-11(2)17)13-6-4-5-7-14(13)16/h4-7,10-11,15,17H,3,8-9H2,1-2H3/t11-/m0/s1. The van der Waals surface area contributed by atoms with Crippen molar-refractivity contribution in [3.63, 3.8) is 0 Å². The van der Waals surface area contributed by atoms with Crippen molar-refractivity contribution < 1.29 is 5.11 Å². The molecule has 92 valence electrons. The Morgan fingerprint density at radius 1 is 1.35 bits per heavy atom. The largest absolute Gasteiger partial charge is 0.392 e. The van der Waals surface area contributed by atoms with Gasteiger partial charge in [0, 0.05) is 36.7 Å². The second-order valence-electron chi connectivity index (χ2n) is 4.44. The van der Waals surface area contributed by atoms with E-state index in [1.54, 1.807) is 6.92 Å². The van der Waals surface area contributed by atoms with Crippen LogP contribution in [0.5, 0.6) is 0 Å². The van der Waals surface area contributed by atoms with Crippen molar-refractivity contribution in [3.05, 3.63) is 36.0 Å². The first kappa shape index (κ1) is 12.1. The number of fused-ring (bicyclic) bond motifs is 1. The maximum atomic E-state index is 9.23. The predicted molar refractivity (Wildman–Crippen MR) is 71.0 cm³/mol. The van der Waals surface area contributed by atoms with Gasteiger partial charge in [-0.25, -0.2) is 0 Å². The lowest BCUT2D eigenvalue weighted by Gasteiger charge is -2.05. The molecule has 0 amide bonds. The molecule has 3 nitrogen and oxygen atoms in total. The van der Waals surface area contributed by atoms with Gasteiger partial charge in [0.15, 0.2) is 0 Å². The normalized spacial score (nSPS) is 13.1. The van der Waals surface area contributed by atoms with Crippen LogP contribution in [0.15, 0.2) is 30.5 Å². The van der Waals surface area contributed by atoms with E-state index in [1.165, 1.54) is 16.5 Å². The van der Waals surface area contributed by atoms with Crippen LogP contribution in [0, 0.1) is 0 Å². The summed E-state index contributed by atoms with van der Waals surface area (Å²) < 4.78 is 2.26. The molecule has 0 fully saturated rings. The smallest absolute Gasteiger partial charge is 0.0636 e. The lowest BCUT2D eigenvalue weighted by atomic mass is 10.2. The molecule has 1 aromatic carbocycles. The van der Waals surface area contributed by atoms with Gasteiger partial charge in [-0.05, 0) is 25.5 Å². The summed E-state index contributed by atoms with van der Waals surface area (Å²) in [4.78, 5) is 0. The van der Waals surface area contributed by atoms with E-state index in [-0.39, 0.29) is 6.10 Å². The van der Waals surface area contributed by atoms with Crippen molar-refractivity contribution >= 4 is 10.9 Å². The highest BCUT2D eigenvalue weighted by molar-refractivity contribution is 5.83. The molecule has 17 heavy (non-hydrogen) atoms. The third-order valence-electron chi connectivity index (χ3n) is 2.97. The number of aliphatic hydroxyl groups is 1. The van der Waals surface area contributed by atoms with Crippen LogP contribution in [-0.4, -0.2) is 22.3 Å². The highest BCUT2D eigenvalue weighted by Crippen LogP contribution is 2.20. The summed E-state index contributed by atoms with van der Waals surface area (Å²) in [6.45, 7) is 6.36. The van der Waals surface area contributed by atoms with Crippen molar-refractivity contribution in [2.45, 2.75) is 33.0 Å². The minimum Gasteiger partial charge on any atom is -0.392 e. The minimum atomic E-state index is -0.297. The van der Waals surface area contributed by atoms with Crippen LogP contribution in [-0.2, 0) is 13.1 Å². The Morgan fingerprint density at radius 2 is 2.12 bits per heavy atom. The molecule has 0 bridgehead atoms. The number of nitrogens with one attached hydrogen (secondary N) is 1. The third-order valence-corrected chi connectivity index (χ3v) is 2.97. The van der Waals surface area contributed by atoms with Gasteiger partial charge in [-0.2, -0.15) is 0 Å². The predicted octanol–water partition coefficient (Wildman–Crippen LogP) is 2.13. The lowest BCUT2D eigenvalue weighted by molar-refractivity contribution is 0.191. The maximum Gasteiger partial charge on any atom is 0.0636 e. The number of aromatic nitrogens is 1. The lowest BCUT2D eigenvalue weighted by Crippen LogP contribution is -2.23. The molecule has 2 aromatic rings. The number of hydrogen-bond donors (Lipinski definition) is 2. The Kier molecular flexibility index (Phi) is 3.82. The first-order valence-electron chi connectivity index (χ1n) is 6.18. The molecule has 0 saturated carbocycles. The molecule has 0 spiro atoms. The molecule has 0 aliphatic rings. The number of hydrogen-bond acceptors (Lipinski definition) is 2. The topological polar surface area (TPSA) is 37.2 Å². The van der Waals surface area contributed by atoms with Gasteiger partial charge in [-0.1, -0.05) is 18.2 Å². The van der Waals surface area contributed by atoms with Crippen LogP contribution in [0.2, 0.25) is 0 Å². The highest BCUT2D eigenvalue weighted by Gasteiger charge is 2.06. The SMILES string of the molecule is CCn1cc(CNC[C@H](C)O)c2ccccc21. The Labute approximate surface area is 102 Å². The van der Waals surface area contributed by atoms with Crippen LogP contribution in [0.3, 0.4) is 0 Å². The molecule has 0 radical (unpaired) electrons. The van der Waals surface area contributed by atoms with Gasteiger partial charge in [-0.3, -0.25) is 0 Å². The molecule has 0 unspecified atom stereocenters. The average molecular weight is 232 g/mol. The van der Waals surface area contributed by atoms with E-state index < -0.39 is 0 Å². The number of rotatable bonds is 5. The van der Waals surface area contributed by atoms with Crippen LogP contribution in [0.4, 0.5) is 0 Å². The fourth-order valence-corrected chi connectivity index (χ4v) is 2.14. The van der Waals surface area contributed by atoms with E-state index in [2.05, 4.69) is 47.3 Å². The zero-order chi connectivity index (χ0) is 12.3. The van der Waals surface area contributed by atoms with Gasteiger partial charge in [-0.15, -0.1) is 0 Å². The van der Waals surface area contributed by atoms with Crippen molar-refractivity contribution in [1.82, 2.24) is 9.88 Å². The van der Waals surface area contributed by atoms with Gasteiger partial charge in [0.25, 0.3) is 0 Å². The van der Waals surface area contributed by atoms with Crippen molar-refractivity contribution in [3.8, 4) is 0 Å². The highest BCUT2D eigenvalue weighted by atomic mass is 16.3. The summed E-state index contributed by atoms with van der Waals surface area (Å²) in [6.07, 6.45) is 1.90. The van der Waals surface area contributed by atoms with Crippen LogP contribution in [0.1, 0.15) is 19.4 Å². The molecule has 1 aromatic heterocycles. The summed E-state index contributed by atoms with van der Waals surface area (Å²) in [5, 5.41) is 13.8. The molecule has 0 aliphatic carbocycles. The Balaban J connectivity index is 2.22. The van der Waals surface area contributed by atoms with Crippen molar-refractivity contribution in [2.75, 3.05) is 6.54 Å². The summed E-state index contributed by atoms with van der Waals surface area (Å²) in [5.74, 6) is 0. The quantitative estimate of drug-likeness (QED) is 0.828. The van der Waals surface area contributed by atoms with E-state index in [0.29, 0.717) is 6.54 Å². The first-order chi connectivity index (χ1) is 8.22. The second-order valence-corrected chi connectivity index (χ2v) is 4.44. The molecule has 1 atom stereocenters. The first-order valence-corrected chi connectivity index (χ1v) is 6.18. The second kappa shape index (κ2) is 5.34.